The molecule has 0 saturated carbocycles. The van der Waals surface area contributed by atoms with E-state index >= 15 is 0 Å². The molecule has 0 bridgehead atoms. The van der Waals surface area contributed by atoms with Crippen LogP contribution in [-0.4, -0.2) is 79.8 Å². The van der Waals surface area contributed by atoms with E-state index in [2.05, 4.69) is 38.2 Å². The number of nitrogens with zero attached hydrogens (tertiary/aromatic N) is 1. The second-order valence-corrected chi connectivity index (χ2v) is 11.9. The number of phenols is 2. The standard InChI is InChI=1S/C34H42N2O10/c1-18(2)8-5-9-19(3)10-6-11-20(4)14-15-36-23-16-21(37)17-25(27(23)35-26-22(32(36)42)12-7-13-24(26)38)45-34-30(41)28(39)29(40)31(46-34)33(43)44/h7-8,10,12-14,16-17,28-31,34-35,37-41H,5-6,9,11,15H2,1-4H3,(H,43,44)/b19-10+,20-14+/t28-,29-,30+,31-,34-/m1/s1. The van der Waals surface area contributed by atoms with Gasteiger partial charge in [-0.1, -0.05) is 41.0 Å². The van der Waals surface area contributed by atoms with Crippen molar-refractivity contribution >= 4 is 28.9 Å². The Morgan fingerprint density at radius 2 is 1.61 bits per heavy atom. The Kier molecular flexibility index (Phi) is 11.1. The lowest BCUT2D eigenvalue weighted by molar-refractivity contribution is -0.271. The van der Waals surface area contributed by atoms with Crippen molar-refractivity contribution < 1.29 is 49.7 Å². The van der Waals surface area contributed by atoms with Crippen molar-refractivity contribution in [1.29, 1.82) is 0 Å². The minimum absolute atomic E-state index is 0.0604. The van der Waals surface area contributed by atoms with E-state index in [4.69, 9.17) is 9.47 Å². The SMILES string of the molecule is CC(C)=CCC/C(C)=C/CC/C(C)=C/CN1C(=O)c2cccc(O)c2Nc2c(O[C@@H]3O[C@@H](C(=O)O)[C@H](O)[C@@H](O)[C@@H]3O)cc(O)cc21. The summed E-state index contributed by atoms with van der Waals surface area (Å²) < 4.78 is 11.1. The number of aliphatic carboxylic acids is 1. The summed E-state index contributed by atoms with van der Waals surface area (Å²) in [6.45, 7) is 8.33. The third-order valence-electron chi connectivity index (χ3n) is 7.93. The van der Waals surface area contributed by atoms with Crippen molar-refractivity contribution in [3.05, 3.63) is 70.8 Å². The molecule has 7 N–H and O–H groups in total. The van der Waals surface area contributed by atoms with E-state index in [0.717, 1.165) is 37.3 Å². The lowest BCUT2D eigenvalue weighted by Crippen LogP contribution is -2.61. The third kappa shape index (κ3) is 7.88. The van der Waals surface area contributed by atoms with E-state index in [1.807, 2.05) is 13.0 Å². The van der Waals surface area contributed by atoms with Crippen molar-refractivity contribution in [3.8, 4) is 17.2 Å². The average molecular weight is 639 g/mol. The predicted molar refractivity (Wildman–Crippen MR) is 172 cm³/mol. The van der Waals surface area contributed by atoms with Gasteiger partial charge in [-0.3, -0.25) is 4.79 Å². The molecule has 0 radical (unpaired) electrons. The monoisotopic (exact) mass is 638 g/mol. The van der Waals surface area contributed by atoms with Crippen LogP contribution in [0.1, 0.15) is 63.7 Å². The van der Waals surface area contributed by atoms with E-state index in [1.54, 1.807) is 0 Å². The number of fused-ring (bicyclic) bond motifs is 2. The first-order valence-electron chi connectivity index (χ1n) is 15.1. The Bertz CT molecular complexity index is 1540. The molecule has 2 aliphatic rings. The van der Waals surface area contributed by atoms with Crippen molar-refractivity contribution in [1.82, 2.24) is 0 Å². The Labute approximate surface area is 267 Å². The van der Waals surface area contributed by atoms with Crippen LogP contribution in [0.2, 0.25) is 0 Å². The van der Waals surface area contributed by atoms with Gasteiger partial charge >= 0.3 is 5.97 Å². The fourth-order valence-corrected chi connectivity index (χ4v) is 5.29. The number of benzene rings is 2. The highest BCUT2D eigenvalue weighted by molar-refractivity contribution is 6.15. The van der Waals surface area contributed by atoms with Crippen LogP contribution in [0, 0.1) is 0 Å². The Hall–Kier alpha value is -4.36. The van der Waals surface area contributed by atoms with E-state index in [9.17, 15) is 40.2 Å². The van der Waals surface area contributed by atoms with Crippen LogP contribution >= 0.6 is 0 Å². The van der Waals surface area contributed by atoms with Gasteiger partial charge in [0.15, 0.2) is 11.9 Å². The van der Waals surface area contributed by atoms with Gasteiger partial charge < -0.3 is 50.3 Å². The summed E-state index contributed by atoms with van der Waals surface area (Å²) in [7, 11) is 0. The number of allylic oxidation sites excluding steroid dienone is 5. The molecule has 0 spiro atoms. The molecule has 12 heteroatoms. The summed E-state index contributed by atoms with van der Waals surface area (Å²) in [6.07, 6.45) is 0.455. The summed E-state index contributed by atoms with van der Waals surface area (Å²) in [5.74, 6) is -2.83. The van der Waals surface area contributed by atoms with E-state index in [1.165, 1.54) is 40.3 Å². The molecule has 248 valence electrons. The number of rotatable bonds is 11. The van der Waals surface area contributed by atoms with E-state index in [0.29, 0.717) is 0 Å². The van der Waals surface area contributed by atoms with Crippen molar-refractivity contribution in [2.75, 3.05) is 16.8 Å². The zero-order valence-electron chi connectivity index (χ0n) is 26.3. The smallest absolute Gasteiger partial charge is 0.335 e. The molecule has 46 heavy (non-hydrogen) atoms. The van der Waals surface area contributed by atoms with Gasteiger partial charge in [0.05, 0.1) is 16.9 Å². The van der Waals surface area contributed by atoms with Gasteiger partial charge in [-0.15, -0.1) is 0 Å². The maximum atomic E-state index is 13.9. The molecule has 5 atom stereocenters. The predicted octanol–water partition coefficient (Wildman–Crippen LogP) is 4.49. The lowest BCUT2D eigenvalue weighted by atomic mass is 9.99. The van der Waals surface area contributed by atoms with Gasteiger partial charge in [0, 0.05) is 18.7 Å². The van der Waals surface area contributed by atoms with Gasteiger partial charge in [-0.2, -0.15) is 0 Å². The average Bonchev–Trinajstić information content (AvgIpc) is 3.10. The van der Waals surface area contributed by atoms with Crippen LogP contribution < -0.4 is 15.0 Å². The quantitative estimate of drug-likeness (QED) is 0.104. The molecule has 1 saturated heterocycles. The third-order valence-corrected chi connectivity index (χ3v) is 7.93. The van der Waals surface area contributed by atoms with Crippen LogP contribution in [-0.2, 0) is 9.53 Å². The molecule has 0 unspecified atom stereocenters. The summed E-state index contributed by atoms with van der Waals surface area (Å²) in [5, 5.41) is 64.7. The van der Waals surface area contributed by atoms with Gasteiger partial charge in [-0.25, -0.2) is 4.79 Å². The minimum atomic E-state index is -1.93. The molecule has 2 aromatic rings. The number of aliphatic hydroxyl groups is 3. The number of anilines is 3. The number of carbonyl (C=O) groups excluding carboxylic acids is 1. The van der Waals surface area contributed by atoms with Crippen molar-refractivity contribution in [3.63, 3.8) is 0 Å². The lowest BCUT2D eigenvalue weighted by Gasteiger charge is -2.38. The molecule has 4 rings (SSSR count). The van der Waals surface area contributed by atoms with E-state index in [-0.39, 0.29) is 46.4 Å². The molecule has 2 aromatic carbocycles. The molecule has 0 aromatic heterocycles. The second kappa shape index (κ2) is 14.8. The summed E-state index contributed by atoms with van der Waals surface area (Å²) in [5.41, 5.74) is 4.08. The molecule has 0 aliphatic carbocycles. The van der Waals surface area contributed by atoms with Crippen LogP contribution in [0.5, 0.6) is 17.2 Å². The van der Waals surface area contributed by atoms with Crippen LogP contribution in [0.4, 0.5) is 17.1 Å². The van der Waals surface area contributed by atoms with Crippen LogP contribution in [0.15, 0.2) is 65.3 Å². The largest absolute Gasteiger partial charge is 0.508 e. The molecule has 12 nitrogen and oxygen atoms in total. The number of carboxylic acids is 1. The fraction of sp³-hybridized carbons (Fsp3) is 0.412. The first-order valence-corrected chi connectivity index (χ1v) is 15.1. The topological polar surface area (TPSA) is 189 Å². The number of aliphatic hydroxyl groups excluding tert-OH is 3. The van der Waals surface area contributed by atoms with Crippen LogP contribution in [0.3, 0.4) is 0 Å². The number of para-hydroxylation sites is 1. The fourth-order valence-electron chi connectivity index (χ4n) is 5.29. The summed E-state index contributed by atoms with van der Waals surface area (Å²) >= 11 is 0. The van der Waals surface area contributed by atoms with Crippen molar-refractivity contribution in [2.45, 2.75) is 84.1 Å². The van der Waals surface area contributed by atoms with Gasteiger partial charge in [0.2, 0.25) is 6.29 Å². The highest BCUT2D eigenvalue weighted by Gasteiger charge is 2.48. The summed E-state index contributed by atoms with van der Waals surface area (Å²) in [6, 6.07) is 6.92. The zero-order chi connectivity index (χ0) is 33.7. The molecular weight excluding hydrogens is 596 g/mol. The first-order chi connectivity index (χ1) is 21.8. The van der Waals surface area contributed by atoms with Gasteiger partial charge in [-0.05, 0) is 65.5 Å². The maximum absolute atomic E-state index is 13.9. The highest BCUT2D eigenvalue weighted by Crippen LogP contribution is 2.47. The van der Waals surface area contributed by atoms with E-state index < -0.39 is 42.6 Å². The number of carboxylic acid groups (broad SMARTS) is 1. The number of amides is 1. The second-order valence-electron chi connectivity index (χ2n) is 11.9. The number of ether oxygens (including phenoxy) is 2. The number of nitrogens with one attached hydrogen (secondary N) is 1. The minimum Gasteiger partial charge on any atom is -0.508 e. The normalized spacial score (nSPS) is 23.2. The number of phenolic OH excluding ortho intramolecular Hbond substituents is 2. The molecule has 2 aliphatic heterocycles. The van der Waals surface area contributed by atoms with Gasteiger partial charge in [0.1, 0.15) is 35.5 Å². The van der Waals surface area contributed by atoms with Crippen LogP contribution in [0.25, 0.3) is 0 Å². The Morgan fingerprint density at radius 1 is 0.935 bits per heavy atom. The number of aromatic hydroxyl groups is 2. The molecular formula is C34H42N2O10. The maximum Gasteiger partial charge on any atom is 0.335 e. The number of hydrogen-bond donors (Lipinski definition) is 7. The number of hydrogen-bond acceptors (Lipinski definition) is 10. The zero-order valence-corrected chi connectivity index (χ0v) is 26.3. The molecule has 1 fully saturated rings. The van der Waals surface area contributed by atoms with Gasteiger partial charge in [0.25, 0.3) is 5.91 Å². The Morgan fingerprint density at radius 3 is 2.28 bits per heavy atom. The first kappa shape index (κ1) is 34.5. The Balaban J connectivity index is 1.65. The summed E-state index contributed by atoms with van der Waals surface area (Å²) in [4.78, 5) is 26.9. The molecule has 2 heterocycles. The highest BCUT2D eigenvalue weighted by atomic mass is 16.7. The molecule has 1 amide bonds. The van der Waals surface area contributed by atoms with Crippen molar-refractivity contribution in [2.24, 2.45) is 0 Å². The number of carbonyl (C=O) groups is 2.